The van der Waals surface area contributed by atoms with E-state index in [4.69, 9.17) is 0 Å². The molecule has 0 bridgehead atoms. The summed E-state index contributed by atoms with van der Waals surface area (Å²) >= 11 is 1.60. The zero-order valence-corrected chi connectivity index (χ0v) is 8.36. The molecule has 1 aliphatic rings. The molecule has 1 saturated carbocycles. The molecule has 0 unspecified atom stereocenters. The lowest BCUT2D eigenvalue weighted by molar-refractivity contribution is 0.0951. The average molecular weight is 196 g/mol. The number of hydrogen-bond donors (Lipinski definition) is 1. The number of rotatable bonds is 3. The largest absolute Gasteiger partial charge is 0.351 e. The average Bonchev–Trinajstić information content (AvgIpc) is 2.84. The van der Waals surface area contributed by atoms with E-state index < -0.39 is 0 Å². The summed E-state index contributed by atoms with van der Waals surface area (Å²) in [5.41, 5.74) is 0.578. The summed E-state index contributed by atoms with van der Waals surface area (Å²) < 4.78 is 0. The van der Waals surface area contributed by atoms with Crippen LogP contribution in [0.4, 0.5) is 0 Å². The molecule has 1 aromatic heterocycles. The Morgan fingerprint density at radius 1 is 1.77 bits per heavy atom. The summed E-state index contributed by atoms with van der Waals surface area (Å²) in [6.45, 7) is 2.57. The molecule has 0 atom stereocenters. The molecule has 0 spiro atoms. The van der Waals surface area contributed by atoms with Crippen LogP contribution in [0.1, 0.15) is 41.2 Å². The van der Waals surface area contributed by atoms with E-state index in [0.717, 1.165) is 5.01 Å². The van der Waals surface area contributed by atoms with E-state index in [1.165, 1.54) is 12.8 Å². The molecule has 1 N–H and O–H groups in total. The van der Waals surface area contributed by atoms with Crippen LogP contribution in [0.3, 0.4) is 0 Å². The lowest BCUT2D eigenvalue weighted by Crippen LogP contribution is -2.22. The van der Waals surface area contributed by atoms with Gasteiger partial charge in [-0.15, -0.1) is 11.3 Å². The van der Waals surface area contributed by atoms with Gasteiger partial charge in [0.05, 0.1) is 5.01 Å². The molecule has 1 heterocycles. The number of nitrogens with zero attached hydrogens (tertiary/aromatic N) is 1. The second kappa shape index (κ2) is 3.46. The van der Waals surface area contributed by atoms with E-state index >= 15 is 0 Å². The molecule has 0 aliphatic heterocycles. The zero-order valence-electron chi connectivity index (χ0n) is 7.54. The molecule has 2 rings (SSSR count). The van der Waals surface area contributed by atoms with E-state index in [-0.39, 0.29) is 5.91 Å². The van der Waals surface area contributed by atoms with Crippen molar-refractivity contribution in [2.45, 2.75) is 25.7 Å². The Balaban J connectivity index is 2.07. The van der Waals surface area contributed by atoms with Crippen molar-refractivity contribution in [2.75, 3.05) is 6.54 Å². The fraction of sp³-hybridized carbons (Fsp3) is 0.556. The monoisotopic (exact) mass is 196 g/mol. The molecule has 1 fully saturated rings. The first-order chi connectivity index (χ1) is 6.31. The lowest BCUT2D eigenvalue weighted by Gasteiger charge is -1.95. The quantitative estimate of drug-likeness (QED) is 0.800. The van der Waals surface area contributed by atoms with Gasteiger partial charge < -0.3 is 5.32 Å². The maximum absolute atomic E-state index is 11.3. The number of thiazole rings is 1. The zero-order chi connectivity index (χ0) is 9.26. The Labute approximate surface area is 81.2 Å². The fourth-order valence-electron chi connectivity index (χ4n) is 1.16. The van der Waals surface area contributed by atoms with Gasteiger partial charge >= 0.3 is 0 Å². The highest BCUT2D eigenvalue weighted by Gasteiger charge is 2.27. The molecule has 0 saturated heterocycles. The molecule has 1 aromatic rings. The standard InChI is InChI=1S/C9H12N2OS/c1-2-10-8(12)7-5-13-9(11-7)6-3-4-6/h5-6H,2-4H2,1H3,(H,10,12). The van der Waals surface area contributed by atoms with Gasteiger partial charge in [0.15, 0.2) is 0 Å². The molecule has 0 radical (unpaired) electrons. The SMILES string of the molecule is CCNC(=O)c1csc(C2CC2)n1. The van der Waals surface area contributed by atoms with E-state index in [1.807, 2.05) is 12.3 Å². The van der Waals surface area contributed by atoms with Crippen molar-refractivity contribution < 1.29 is 4.79 Å². The number of hydrogen-bond acceptors (Lipinski definition) is 3. The molecule has 1 amide bonds. The molecular weight excluding hydrogens is 184 g/mol. The smallest absolute Gasteiger partial charge is 0.270 e. The number of carbonyl (C=O) groups is 1. The summed E-state index contributed by atoms with van der Waals surface area (Å²) in [6, 6.07) is 0. The van der Waals surface area contributed by atoms with Crippen LogP contribution in [-0.2, 0) is 0 Å². The lowest BCUT2D eigenvalue weighted by atomic mass is 10.4. The predicted molar refractivity (Wildman–Crippen MR) is 52.1 cm³/mol. The maximum Gasteiger partial charge on any atom is 0.270 e. The van der Waals surface area contributed by atoms with Gasteiger partial charge in [0.1, 0.15) is 5.69 Å². The molecule has 4 heteroatoms. The van der Waals surface area contributed by atoms with Gasteiger partial charge in [0, 0.05) is 17.8 Å². The van der Waals surface area contributed by atoms with E-state index in [1.54, 1.807) is 11.3 Å². The van der Waals surface area contributed by atoms with Crippen LogP contribution < -0.4 is 5.32 Å². The second-order valence-corrected chi connectivity index (χ2v) is 4.09. The van der Waals surface area contributed by atoms with Crippen molar-refractivity contribution >= 4 is 17.2 Å². The Morgan fingerprint density at radius 3 is 3.15 bits per heavy atom. The van der Waals surface area contributed by atoms with Crippen molar-refractivity contribution in [3.8, 4) is 0 Å². The van der Waals surface area contributed by atoms with Gasteiger partial charge in [-0.3, -0.25) is 4.79 Å². The summed E-state index contributed by atoms with van der Waals surface area (Å²) in [5.74, 6) is 0.596. The highest BCUT2D eigenvalue weighted by Crippen LogP contribution is 2.41. The van der Waals surface area contributed by atoms with Gasteiger partial charge in [0.2, 0.25) is 0 Å². The van der Waals surface area contributed by atoms with Crippen LogP contribution in [0, 0.1) is 0 Å². The van der Waals surface area contributed by atoms with Crippen LogP contribution in [0.15, 0.2) is 5.38 Å². The first kappa shape index (κ1) is 8.69. The minimum absolute atomic E-state index is 0.0503. The van der Waals surface area contributed by atoms with Crippen LogP contribution in [0.2, 0.25) is 0 Å². The van der Waals surface area contributed by atoms with Gasteiger partial charge in [0.25, 0.3) is 5.91 Å². The van der Waals surface area contributed by atoms with Crippen molar-refractivity contribution in [1.29, 1.82) is 0 Å². The van der Waals surface area contributed by atoms with Gasteiger partial charge in [-0.05, 0) is 19.8 Å². The normalized spacial score (nSPS) is 15.8. The Bertz CT molecular complexity index is 317. The molecule has 3 nitrogen and oxygen atoms in total. The van der Waals surface area contributed by atoms with Crippen molar-refractivity contribution in [2.24, 2.45) is 0 Å². The summed E-state index contributed by atoms with van der Waals surface area (Å²) in [5, 5.41) is 5.71. The minimum Gasteiger partial charge on any atom is -0.351 e. The van der Waals surface area contributed by atoms with E-state index in [0.29, 0.717) is 18.2 Å². The predicted octanol–water partition coefficient (Wildman–Crippen LogP) is 1.77. The summed E-state index contributed by atoms with van der Waals surface area (Å²) in [4.78, 5) is 15.6. The molecule has 70 valence electrons. The number of carbonyl (C=O) groups excluding carboxylic acids is 1. The molecular formula is C9H12N2OS. The Hall–Kier alpha value is -0.900. The first-order valence-corrected chi connectivity index (χ1v) is 5.43. The minimum atomic E-state index is -0.0503. The van der Waals surface area contributed by atoms with E-state index in [9.17, 15) is 4.79 Å². The summed E-state index contributed by atoms with van der Waals surface area (Å²) in [7, 11) is 0. The van der Waals surface area contributed by atoms with Gasteiger partial charge in [-0.25, -0.2) is 4.98 Å². The van der Waals surface area contributed by atoms with Crippen LogP contribution in [0.5, 0.6) is 0 Å². The Kier molecular flexibility index (Phi) is 2.31. The van der Waals surface area contributed by atoms with Crippen LogP contribution in [-0.4, -0.2) is 17.4 Å². The molecule has 0 aromatic carbocycles. The highest BCUT2D eigenvalue weighted by molar-refractivity contribution is 7.10. The number of amides is 1. The third-order valence-corrected chi connectivity index (χ3v) is 3.03. The van der Waals surface area contributed by atoms with Crippen molar-refractivity contribution in [3.05, 3.63) is 16.1 Å². The van der Waals surface area contributed by atoms with Crippen molar-refractivity contribution in [1.82, 2.24) is 10.3 Å². The van der Waals surface area contributed by atoms with Crippen molar-refractivity contribution in [3.63, 3.8) is 0 Å². The van der Waals surface area contributed by atoms with Crippen LogP contribution >= 0.6 is 11.3 Å². The highest BCUT2D eigenvalue weighted by atomic mass is 32.1. The third-order valence-electron chi connectivity index (χ3n) is 2.02. The van der Waals surface area contributed by atoms with Crippen LogP contribution in [0.25, 0.3) is 0 Å². The molecule has 1 aliphatic carbocycles. The second-order valence-electron chi connectivity index (χ2n) is 3.20. The van der Waals surface area contributed by atoms with Gasteiger partial charge in [-0.1, -0.05) is 0 Å². The third kappa shape index (κ3) is 1.88. The summed E-state index contributed by atoms with van der Waals surface area (Å²) in [6.07, 6.45) is 2.48. The Morgan fingerprint density at radius 2 is 2.54 bits per heavy atom. The fourth-order valence-corrected chi connectivity index (χ4v) is 2.13. The maximum atomic E-state index is 11.3. The number of aromatic nitrogens is 1. The molecule has 13 heavy (non-hydrogen) atoms. The van der Waals surface area contributed by atoms with E-state index in [2.05, 4.69) is 10.3 Å². The number of nitrogens with one attached hydrogen (secondary N) is 1. The topological polar surface area (TPSA) is 42.0 Å². The first-order valence-electron chi connectivity index (χ1n) is 4.55. The van der Waals surface area contributed by atoms with Gasteiger partial charge in [-0.2, -0.15) is 0 Å².